The largest absolute Gasteiger partial charge is 0.452 e. The van der Waals surface area contributed by atoms with Gasteiger partial charge in [-0.1, -0.05) is 19.3 Å². The third kappa shape index (κ3) is 5.07. The molecule has 1 aliphatic heterocycles. The van der Waals surface area contributed by atoms with Crippen molar-refractivity contribution in [2.45, 2.75) is 55.9 Å². The normalized spacial score (nSPS) is 19.0. The molecule has 1 heterocycles. The number of carbonyl (C=O) groups is 2. The molecule has 0 bridgehead atoms. The Balaban J connectivity index is 1.54. The van der Waals surface area contributed by atoms with Gasteiger partial charge in [-0.2, -0.15) is 4.31 Å². The first-order valence-corrected chi connectivity index (χ1v) is 11.0. The topological polar surface area (TPSA) is 92.8 Å². The zero-order chi connectivity index (χ0) is 19.3. The summed E-state index contributed by atoms with van der Waals surface area (Å²) in [5.74, 6) is -0.946. The lowest BCUT2D eigenvalue weighted by Gasteiger charge is -2.25. The predicted molar refractivity (Wildman–Crippen MR) is 99.7 cm³/mol. The number of sulfonamides is 1. The molecule has 0 radical (unpaired) electrons. The average molecular weight is 394 g/mol. The summed E-state index contributed by atoms with van der Waals surface area (Å²) in [4.78, 5) is 24.1. The van der Waals surface area contributed by atoms with Crippen molar-refractivity contribution in [1.82, 2.24) is 9.62 Å². The molecule has 1 aromatic carbocycles. The van der Waals surface area contributed by atoms with Gasteiger partial charge in [0, 0.05) is 19.1 Å². The minimum atomic E-state index is -3.53. The molecule has 1 N–H and O–H groups in total. The van der Waals surface area contributed by atoms with E-state index in [1.165, 1.54) is 28.6 Å². The summed E-state index contributed by atoms with van der Waals surface area (Å²) in [5.41, 5.74) is 0.223. The number of benzene rings is 1. The number of piperidine rings is 1. The van der Waals surface area contributed by atoms with E-state index in [4.69, 9.17) is 4.74 Å². The van der Waals surface area contributed by atoms with Crippen LogP contribution in [-0.2, 0) is 19.6 Å². The van der Waals surface area contributed by atoms with E-state index >= 15 is 0 Å². The quantitative estimate of drug-likeness (QED) is 0.746. The second-order valence-corrected chi connectivity index (χ2v) is 9.05. The molecule has 2 aliphatic rings. The molecule has 1 saturated carbocycles. The molecule has 1 amide bonds. The Kier molecular flexibility index (Phi) is 6.49. The number of amides is 1. The molecule has 148 valence electrons. The molecule has 1 aromatic rings. The predicted octanol–water partition coefficient (Wildman–Crippen LogP) is 2.08. The minimum Gasteiger partial charge on any atom is -0.452 e. The third-order valence-corrected chi connectivity index (χ3v) is 7.01. The van der Waals surface area contributed by atoms with Gasteiger partial charge in [-0.3, -0.25) is 4.79 Å². The van der Waals surface area contributed by atoms with Crippen LogP contribution in [0.3, 0.4) is 0 Å². The van der Waals surface area contributed by atoms with Gasteiger partial charge in [-0.15, -0.1) is 0 Å². The lowest BCUT2D eigenvalue weighted by molar-refractivity contribution is -0.124. The van der Waals surface area contributed by atoms with Crippen molar-refractivity contribution in [2.24, 2.45) is 0 Å². The fourth-order valence-corrected chi connectivity index (χ4v) is 5.09. The van der Waals surface area contributed by atoms with Crippen LogP contribution in [0.2, 0.25) is 0 Å². The summed E-state index contributed by atoms with van der Waals surface area (Å²) in [6.07, 6.45) is 6.93. The van der Waals surface area contributed by atoms with Gasteiger partial charge in [0.2, 0.25) is 10.0 Å². The molecule has 0 spiro atoms. The van der Waals surface area contributed by atoms with Crippen molar-refractivity contribution in [3.63, 3.8) is 0 Å². The Morgan fingerprint density at radius 2 is 1.63 bits per heavy atom. The Hall–Kier alpha value is -1.93. The SMILES string of the molecule is O=C(COC(=O)c1ccc(S(=O)(=O)N2CCCCC2)cc1)NC1CCCC1. The molecular formula is C19H26N2O5S. The molecule has 1 saturated heterocycles. The van der Waals surface area contributed by atoms with Crippen LogP contribution < -0.4 is 5.32 Å². The highest BCUT2D eigenvalue weighted by Crippen LogP contribution is 2.21. The van der Waals surface area contributed by atoms with E-state index in [0.717, 1.165) is 44.9 Å². The fourth-order valence-electron chi connectivity index (χ4n) is 3.57. The maximum Gasteiger partial charge on any atom is 0.338 e. The van der Waals surface area contributed by atoms with Crippen LogP contribution in [0.4, 0.5) is 0 Å². The van der Waals surface area contributed by atoms with Crippen molar-refractivity contribution in [3.05, 3.63) is 29.8 Å². The van der Waals surface area contributed by atoms with Crippen LogP contribution in [0, 0.1) is 0 Å². The summed E-state index contributed by atoms with van der Waals surface area (Å²) in [7, 11) is -3.53. The number of esters is 1. The summed E-state index contributed by atoms with van der Waals surface area (Å²) in [6, 6.07) is 5.86. The number of hydrogen-bond donors (Lipinski definition) is 1. The van der Waals surface area contributed by atoms with Crippen LogP contribution >= 0.6 is 0 Å². The number of nitrogens with zero attached hydrogens (tertiary/aromatic N) is 1. The highest BCUT2D eigenvalue weighted by Gasteiger charge is 2.26. The molecule has 8 heteroatoms. The Morgan fingerprint density at radius 1 is 1.00 bits per heavy atom. The van der Waals surface area contributed by atoms with E-state index in [-0.39, 0.29) is 29.0 Å². The molecule has 0 aromatic heterocycles. The van der Waals surface area contributed by atoms with Crippen LogP contribution in [0.15, 0.2) is 29.2 Å². The molecule has 2 fully saturated rings. The van der Waals surface area contributed by atoms with Crippen molar-refractivity contribution in [2.75, 3.05) is 19.7 Å². The molecule has 0 atom stereocenters. The maximum absolute atomic E-state index is 12.6. The van der Waals surface area contributed by atoms with E-state index in [1.807, 2.05) is 0 Å². The van der Waals surface area contributed by atoms with Crippen LogP contribution in [0.5, 0.6) is 0 Å². The van der Waals surface area contributed by atoms with Gasteiger partial charge >= 0.3 is 5.97 Å². The van der Waals surface area contributed by atoms with E-state index in [1.54, 1.807) is 0 Å². The van der Waals surface area contributed by atoms with Gasteiger partial charge in [-0.25, -0.2) is 13.2 Å². The van der Waals surface area contributed by atoms with E-state index < -0.39 is 16.0 Å². The summed E-state index contributed by atoms with van der Waals surface area (Å²) in [6.45, 7) is 0.730. The standard InChI is InChI=1S/C19H26N2O5S/c22-18(20-16-6-2-3-7-16)14-26-19(23)15-8-10-17(11-9-15)27(24,25)21-12-4-1-5-13-21/h8-11,16H,1-7,12-14H2,(H,20,22). The number of nitrogens with one attached hydrogen (secondary N) is 1. The van der Waals surface area contributed by atoms with Gasteiger partial charge in [0.25, 0.3) is 5.91 Å². The number of carbonyl (C=O) groups excluding carboxylic acids is 2. The van der Waals surface area contributed by atoms with E-state index in [2.05, 4.69) is 5.32 Å². The highest BCUT2D eigenvalue weighted by atomic mass is 32.2. The molecule has 1 aliphatic carbocycles. The van der Waals surface area contributed by atoms with Crippen molar-refractivity contribution in [3.8, 4) is 0 Å². The number of rotatable bonds is 6. The second-order valence-electron chi connectivity index (χ2n) is 7.11. The highest BCUT2D eigenvalue weighted by molar-refractivity contribution is 7.89. The lowest BCUT2D eigenvalue weighted by Crippen LogP contribution is -2.36. The van der Waals surface area contributed by atoms with Gasteiger partial charge in [0.15, 0.2) is 6.61 Å². The lowest BCUT2D eigenvalue weighted by atomic mass is 10.2. The average Bonchev–Trinajstić information content (AvgIpc) is 3.20. The van der Waals surface area contributed by atoms with E-state index in [0.29, 0.717) is 13.1 Å². The smallest absolute Gasteiger partial charge is 0.338 e. The van der Waals surface area contributed by atoms with Crippen LogP contribution in [-0.4, -0.2) is 50.3 Å². The Labute approximate surface area is 160 Å². The van der Waals surface area contributed by atoms with Gasteiger partial charge in [-0.05, 0) is 49.9 Å². The Morgan fingerprint density at radius 3 is 2.26 bits per heavy atom. The zero-order valence-electron chi connectivity index (χ0n) is 15.4. The van der Waals surface area contributed by atoms with Gasteiger partial charge in [0.05, 0.1) is 10.5 Å². The molecule has 0 unspecified atom stereocenters. The first kappa shape index (κ1) is 19.8. The first-order chi connectivity index (χ1) is 13.0. The minimum absolute atomic E-state index is 0.167. The summed E-state index contributed by atoms with van der Waals surface area (Å²) in [5, 5.41) is 2.85. The fraction of sp³-hybridized carbons (Fsp3) is 0.579. The second kappa shape index (κ2) is 8.84. The Bertz CT molecular complexity index is 764. The molecule has 7 nitrogen and oxygen atoms in total. The summed E-state index contributed by atoms with van der Waals surface area (Å²) < 4.78 is 31.7. The van der Waals surface area contributed by atoms with Crippen molar-refractivity contribution in [1.29, 1.82) is 0 Å². The third-order valence-electron chi connectivity index (χ3n) is 5.10. The van der Waals surface area contributed by atoms with Gasteiger partial charge < -0.3 is 10.1 Å². The van der Waals surface area contributed by atoms with Crippen molar-refractivity contribution >= 4 is 21.9 Å². The number of hydrogen-bond acceptors (Lipinski definition) is 5. The first-order valence-electron chi connectivity index (χ1n) is 9.53. The van der Waals surface area contributed by atoms with Crippen molar-refractivity contribution < 1.29 is 22.7 Å². The van der Waals surface area contributed by atoms with Crippen LogP contribution in [0.1, 0.15) is 55.3 Å². The zero-order valence-corrected chi connectivity index (χ0v) is 16.2. The van der Waals surface area contributed by atoms with Gasteiger partial charge in [0.1, 0.15) is 0 Å². The summed E-state index contributed by atoms with van der Waals surface area (Å²) >= 11 is 0. The molecular weight excluding hydrogens is 368 g/mol. The molecule has 27 heavy (non-hydrogen) atoms. The monoisotopic (exact) mass is 394 g/mol. The van der Waals surface area contributed by atoms with Crippen LogP contribution in [0.25, 0.3) is 0 Å². The van der Waals surface area contributed by atoms with E-state index in [9.17, 15) is 18.0 Å². The maximum atomic E-state index is 12.6. The molecule has 3 rings (SSSR count). The number of ether oxygens (including phenoxy) is 1.